The molecule has 0 aliphatic heterocycles. The minimum atomic E-state index is -3.87. The normalized spacial score (nSPS) is 12.7. The van der Waals surface area contributed by atoms with Crippen LogP contribution in [0.15, 0.2) is 24.3 Å². The van der Waals surface area contributed by atoms with E-state index in [0.29, 0.717) is 17.8 Å². The molecule has 0 aromatic heterocycles. The van der Waals surface area contributed by atoms with Crippen molar-refractivity contribution in [1.82, 2.24) is 4.90 Å². The molecule has 4 N–H and O–H groups in total. The number of aliphatic hydroxyl groups is 1. The van der Waals surface area contributed by atoms with Crippen molar-refractivity contribution in [3.8, 4) is 0 Å². The minimum Gasteiger partial charge on any atom is -0.387 e. The number of hydrogen-bond acceptors (Lipinski definition) is 4. The molecular formula is C18H35N3O3S. The predicted molar refractivity (Wildman–Crippen MR) is 106 cm³/mol. The van der Waals surface area contributed by atoms with Crippen LogP contribution in [0.3, 0.4) is 0 Å². The highest BCUT2D eigenvalue weighted by molar-refractivity contribution is 7.90. The summed E-state index contributed by atoms with van der Waals surface area (Å²) in [5.41, 5.74) is 0.863. The van der Waals surface area contributed by atoms with Crippen LogP contribution in [0.25, 0.3) is 0 Å². The number of nitrogens with one attached hydrogen (secondary N) is 1. The fraction of sp³-hybridized carbons (Fsp3) is 0.667. The number of rotatable bonds is 12. The summed E-state index contributed by atoms with van der Waals surface area (Å²) in [6.45, 7) is 6.50. The predicted octanol–water partition coefficient (Wildman–Crippen LogP) is 3.26. The first-order valence-corrected chi connectivity index (χ1v) is 10.2. The third-order valence-corrected chi connectivity index (χ3v) is 4.53. The molecule has 0 bridgehead atoms. The van der Waals surface area contributed by atoms with Crippen LogP contribution in [-0.4, -0.2) is 38.1 Å². The van der Waals surface area contributed by atoms with E-state index < -0.39 is 16.3 Å². The van der Waals surface area contributed by atoms with Gasteiger partial charge in [-0.3, -0.25) is 4.72 Å². The molecule has 0 saturated heterocycles. The second-order valence-corrected chi connectivity index (χ2v) is 7.35. The van der Waals surface area contributed by atoms with Crippen LogP contribution in [0.1, 0.15) is 65.0 Å². The van der Waals surface area contributed by atoms with Crippen LogP contribution in [0.4, 0.5) is 5.69 Å². The Labute approximate surface area is 153 Å². The second-order valence-electron chi connectivity index (χ2n) is 6.06. The van der Waals surface area contributed by atoms with Gasteiger partial charge in [-0.05, 0) is 25.6 Å². The number of anilines is 1. The van der Waals surface area contributed by atoms with E-state index in [1.165, 1.54) is 25.7 Å². The summed E-state index contributed by atoms with van der Waals surface area (Å²) in [6, 6.07) is 6.79. The molecule has 0 heterocycles. The van der Waals surface area contributed by atoms with Gasteiger partial charge in [0.15, 0.2) is 0 Å². The standard InChI is InChI=1S/C17H31N3O3S.CH4/c1-3-5-6-7-10-13-20(4-2)14-17(21)15-11-8-9-12-16(15)19-24(18,22)23;/h8-9,11-12,17,19,21H,3-7,10,13-14H2,1-2H3,(H2,18,22,23);1H4. The van der Waals surface area contributed by atoms with Gasteiger partial charge in [-0.15, -0.1) is 0 Å². The van der Waals surface area contributed by atoms with Gasteiger partial charge in [0.05, 0.1) is 11.8 Å². The van der Waals surface area contributed by atoms with E-state index in [1.807, 2.05) is 0 Å². The topological polar surface area (TPSA) is 95.7 Å². The highest BCUT2D eigenvalue weighted by atomic mass is 32.2. The molecule has 1 aromatic carbocycles. The van der Waals surface area contributed by atoms with Gasteiger partial charge in [0, 0.05) is 12.1 Å². The van der Waals surface area contributed by atoms with Gasteiger partial charge >= 0.3 is 0 Å². The summed E-state index contributed by atoms with van der Waals surface area (Å²) in [6.07, 6.45) is 5.27. The summed E-state index contributed by atoms with van der Waals surface area (Å²) < 4.78 is 24.8. The molecule has 7 heteroatoms. The van der Waals surface area contributed by atoms with Crippen LogP contribution in [-0.2, 0) is 10.2 Å². The molecule has 0 fully saturated rings. The molecule has 0 radical (unpaired) electrons. The molecule has 1 rings (SSSR count). The Morgan fingerprint density at radius 1 is 1.16 bits per heavy atom. The highest BCUT2D eigenvalue weighted by Gasteiger charge is 2.17. The van der Waals surface area contributed by atoms with Crippen LogP contribution in [0, 0.1) is 0 Å². The number of unbranched alkanes of at least 4 members (excludes halogenated alkanes) is 4. The molecule has 146 valence electrons. The Morgan fingerprint density at radius 3 is 2.40 bits per heavy atom. The van der Waals surface area contributed by atoms with Crippen LogP contribution < -0.4 is 9.86 Å². The van der Waals surface area contributed by atoms with Gasteiger partial charge in [-0.2, -0.15) is 8.42 Å². The Bertz CT molecular complexity index is 579. The molecule has 0 aliphatic rings. The highest BCUT2D eigenvalue weighted by Crippen LogP contribution is 2.24. The van der Waals surface area contributed by atoms with E-state index >= 15 is 0 Å². The summed E-state index contributed by atoms with van der Waals surface area (Å²) >= 11 is 0. The van der Waals surface area contributed by atoms with Crippen molar-refractivity contribution in [3.63, 3.8) is 0 Å². The third kappa shape index (κ3) is 9.79. The third-order valence-electron chi connectivity index (χ3n) is 4.03. The zero-order valence-electron chi connectivity index (χ0n) is 14.7. The van der Waals surface area contributed by atoms with Crippen molar-refractivity contribution in [2.24, 2.45) is 5.14 Å². The smallest absolute Gasteiger partial charge is 0.296 e. The second kappa shape index (κ2) is 12.2. The number of aliphatic hydroxyl groups excluding tert-OH is 1. The first-order chi connectivity index (χ1) is 11.4. The van der Waals surface area contributed by atoms with Gasteiger partial charge in [-0.1, -0.05) is 65.2 Å². The van der Waals surface area contributed by atoms with E-state index in [9.17, 15) is 13.5 Å². The summed E-state index contributed by atoms with van der Waals surface area (Å²) in [5.74, 6) is 0. The van der Waals surface area contributed by atoms with Crippen LogP contribution >= 0.6 is 0 Å². The fourth-order valence-corrected chi connectivity index (χ4v) is 3.19. The van der Waals surface area contributed by atoms with Gasteiger partial charge in [0.1, 0.15) is 0 Å². The summed E-state index contributed by atoms with van der Waals surface area (Å²) in [4.78, 5) is 2.18. The average Bonchev–Trinajstić information content (AvgIpc) is 2.52. The molecule has 6 nitrogen and oxygen atoms in total. The Kier molecular flexibility index (Phi) is 11.7. The van der Waals surface area contributed by atoms with E-state index in [-0.39, 0.29) is 7.43 Å². The van der Waals surface area contributed by atoms with Gasteiger partial charge in [0.2, 0.25) is 0 Å². The van der Waals surface area contributed by atoms with Gasteiger partial charge in [0.25, 0.3) is 10.2 Å². The van der Waals surface area contributed by atoms with Crippen molar-refractivity contribution in [3.05, 3.63) is 29.8 Å². The van der Waals surface area contributed by atoms with Crippen molar-refractivity contribution in [2.45, 2.75) is 59.5 Å². The molecular weight excluding hydrogens is 338 g/mol. The molecule has 1 atom stereocenters. The summed E-state index contributed by atoms with van der Waals surface area (Å²) in [7, 11) is -3.87. The molecule has 1 unspecified atom stereocenters. The van der Waals surface area contributed by atoms with Gasteiger partial charge in [-0.25, -0.2) is 5.14 Å². The maximum Gasteiger partial charge on any atom is 0.296 e. The zero-order valence-corrected chi connectivity index (χ0v) is 15.6. The van der Waals surface area contributed by atoms with Crippen molar-refractivity contribution in [1.29, 1.82) is 0 Å². The Hall–Kier alpha value is -1.15. The largest absolute Gasteiger partial charge is 0.387 e. The van der Waals surface area contributed by atoms with Crippen LogP contribution in [0.2, 0.25) is 0 Å². The molecule has 0 amide bonds. The van der Waals surface area contributed by atoms with Crippen molar-refractivity contribution < 1.29 is 13.5 Å². The maximum absolute atomic E-state index is 11.3. The number of para-hydroxylation sites is 1. The van der Waals surface area contributed by atoms with Crippen molar-refractivity contribution in [2.75, 3.05) is 24.4 Å². The maximum atomic E-state index is 11.3. The van der Waals surface area contributed by atoms with E-state index in [0.717, 1.165) is 19.5 Å². The molecule has 0 aliphatic carbocycles. The Morgan fingerprint density at radius 2 is 1.80 bits per heavy atom. The quantitative estimate of drug-likeness (QED) is 0.490. The lowest BCUT2D eigenvalue weighted by Gasteiger charge is -2.25. The number of benzene rings is 1. The minimum absolute atomic E-state index is 0. The van der Waals surface area contributed by atoms with E-state index in [1.54, 1.807) is 24.3 Å². The summed E-state index contributed by atoms with van der Waals surface area (Å²) in [5, 5.41) is 15.6. The van der Waals surface area contributed by atoms with Crippen LogP contribution in [0.5, 0.6) is 0 Å². The molecule has 1 aromatic rings. The lowest BCUT2D eigenvalue weighted by molar-refractivity contribution is 0.115. The lowest BCUT2D eigenvalue weighted by atomic mass is 10.1. The zero-order chi connectivity index (χ0) is 18.0. The van der Waals surface area contributed by atoms with Crippen molar-refractivity contribution >= 4 is 15.9 Å². The monoisotopic (exact) mass is 373 g/mol. The number of nitrogens with two attached hydrogens (primary N) is 1. The van der Waals surface area contributed by atoms with E-state index in [2.05, 4.69) is 23.5 Å². The average molecular weight is 374 g/mol. The molecule has 0 spiro atoms. The molecule has 0 saturated carbocycles. The number of nitrogens with zero attached hydrogens (tertiary/aromatic N) is 1. The fourth-order valence-electron chi connectivity index (χ4n) is 2.69. The van der Waals surface area contributed by atoms with Gasteiger partial charge < -0.3 is 10.0 Å². The first kappa shape index (κ1) is 23.9. The number of likely N-dealkylation sites (N-methyl/N-ethyl adjacent to an activating group) is 1. The van der Waals surface area contributed by atoms with E-state index in [4.69, 9.17) is 5.14 Å². The SMILES string of the molecule is C.CCCCCCCN(CC)CC(O)c1ccccc1NS(N)(=O)=O. The Balaban J connectivity index is 0.00000576. The number of hydrogen-bond donors (Lipinski definition) is 3. The molecule has 25 heavy (non-hydrogen) atoms. The lowest BCUT2D eigenvalue weighted by Crippen LogP contribution is -2.30. The first-order valence-electron chi connectivity index (χ1n) is 8.67.